The number of carbonyl (C=O) groups is 2. The Morgan fingerprint density at radius 1 is 0.600 bits per heavy atom. The number of unbranched alkanes of at least 4 members (excludes halogenated alkanes) is 22. The molecule has 0 aliphatic rings. The van der Waals surface area contributed by atoms with E-state index in [9.17, 15) is 24.2 Å². The lowest BCUT2D eigenvalue weighted by Crippen LogP contribution is -2.27. The van der Waals surface area contributed by atoms with Crippen molar-refractivity contribution in [1.29, 1.82) is 0 Å². The number of esters is 1. The topological polar surface area (TPSA) is 131 Å². The summed E-state index contributed by atoms with van der Waals surface area (Å²) >= 11 is 0. The van der Waals surface area contributed by atoms with Crippen LogP contribution in [0.3, 0.4) is 0 Å². The molecule has 0 fully saturated rings. The van der Waals surface area contributed by atoms with Gasteiger partial charge in [0.2, 0.25) is 5.91 Å². The van der Waals surface area contributed by atoms with Crippen molar-refractivity contribution < 1.29 is 37.9 Å². The van der Waals surface area contributed by atoms with Gasteiger partial charge in [0.1, 0.15) is 12.7 Å². The highest BCUT2D eigenvalue weighted by molar-refractivity contribution is 7.47. The Balaban J connectivity index is 3.59. The number of ether oxygens (including phenoxy) is 1. The number of amides is 1. The third-order valence-corrected chi connectivity index (χ3v) is 9.02. The number of hydrogen-bond donors (Lipinski definition) is 3. The van der Waals surface area contributed by atoms with E-state index in [2.05, 4.69) is 19.2 Å². The van der Waals surface area contributed by atoms with Crippen molar-refractivity contribution in [3.63, 3.8) is 0 Å². The molecule has 0 heterocycles. The Morgan fingerprint density at radius 2 is 1.00 bits per heavy atom. The van der Waals surface area contributed by atoms with Gasteiger partial charge in [-0.05, 0) is 12.8 Å². The Kier molecular flexibility index (Phi) is 32.2. The van der Waals surface area contributed by atoms with Gasteiger partial charge in [-0.15, -0.1) is 0 Å². The third kappa shape index (κ3) is 34.2. The molecule has 45 heavy (non-hydrogen) atoms. The summed E-state index contributed by atoms with van der Waals surface area (Å²) in [7, 11) is -4.40. The molecule has 2 atom stereocenters. The first-order chi connectivity index (χ1) is 21.8. The largest absolute Gasteiger partial charge is 0.472 e. The molecule has 0 saturated carbocycles. The van der Waals surface area contributed by atoms with Gasteiger partial charge in [0.05, 0.1) is 13.2 Å². The van der Waals surface area contributed by atoms with E-state index in [1.807, 2.05) is 0 Å². The molecule has 2 unspecified atom stereocenters. The second kappa shape index (κ2) is 32.9. The lowest BCUT2D eigenvalue weighted by Gasteiger charge is -2.15. The van der Waals surface area contributed by atoms with Gasteiger partial charge in [-0.1, -0.05) is 155 Å². The van der Waals surface area contributed by atoms with Crippen molar-refractivity contribution in [2.24, 2.45) is 0 Å². The van der Waals surface area contributed by atoms with Gasteiger partial charge >= 0.3 is 13.8 Å². The minimum absolute atomic E-state index is 0.0878. The Hall–Kier alpha value is -0.990. The molecular formula is C35H70NO8P. The van der Waals surface area contributed by atoms with Crippen molar-refractivity contribution in [3.8, 4) is 0 Å². The van der Waals surface area contributed by atoms with Gasteiger partial charge in [0.15, 0.2) is 0 Å². The highest BCUT2D eigenvalue weighted by atomic mass is 31.2. The summed E-state index contributed by atoms with van der Waals surface area (Å²) < 4.78 is 26.7. The maximum atomic E-state index is 12.0. The number of phosphoric acid groups is 1. The zero-order chi connectivity index (χ0) is 33.3. The summed E-state index contributed by atoms with van der Waals surface area (Å²) in [6.45, 7) is 3.54. The predicted octanol–water partition coefficient (Wildman–Crippen LogP) is 9.32. The van der Waals surface area contributed by atoms with Gasteiger partial charge in [-0.2, -0.15) is 0 Å². The molecular weight excluding hydrogens is 593 g/mol. The van der Waals surface area contributed by atoms with Gasteiger partial charge < -0.3 is 20.1 Å². The van der Waals surface area contributed by atoms with Crippen molar-refractivity contribution in [3.05, 3.63) is 0 Å². The number of phosphoric ester groups is 1. The molecule has 1 amide bonds. The Morgan fingerprint density at radius 3 is 1.44 bits per heavy atom. The zero-order valence-corrected chi connectivity index (χ0v) is 30.0. The molecule has 268 valence electrons. The first-order valence-corrected chi connectivity index (χ1v) is 20.0. The lowest BCUT2D eigenvalue weighted by molar-refractivity contribution is -0.147. The molecule has 0 saturated heterocycles. The van der Waals surface area contributed by atoms with E-state index in [-0.39, 0.29) is 32.1 Å². The van der Waals surface area contributed by atoms with Crippen LogP contribution in [0.4, 0.5) is 0 Å². The van der Waals surface area contributed by atoms with Gasteiger partial charge in [0, 0.05) is 19.4 Å². The number of hydrogen-bond acceptors (Lipinski definition) is 7. The van der Waals surface area contributed by atoms with Crippen LogP contribution in [0, 0.1) is 0 Å². The second-order valence-corrected chi connectivity index (χ2v) is 14.0. The molecule has 0 rings (SSSR count). The van der Waals surface area contributed by atoms with E-state index in [1.165, 1.54) is 116 Å². The zero-order valence-electron chi connectivity index (χ0n) is 29.1. The van der Waals surface area contributed by atoms with E-state index in [4.69, 9.17) is 13.8 Å². The summed E-state index contributed by atoms with van der Waals surface area (Å²) in [6.07, 6.45) is 28.9. The van der Waals surface area contributed by atoms with Crippen LogP contribution in [0.2, 0.25) is 0 Å². The molecule has 9 nitrogen and oxygen atoms in total. The highest BCUT2D eigenvalue weighted by Gasteiger charge is 2.23. The number of carbonyl (C=O) groups excluding carboxylic acids is 2. The predicted molar refractivity (Wildman–Crippen MR) is 183 cm³/mol. The smallest absolute Gasteiger partial charge is 0.463 e. The van der Waals surface area contributed by atoms with Gasteiger partial charge in [-0.3, -0.25) is 18.6 Å². The molecule has 0 aromatic heterocycles. The average molecular weight is 664 g/mol. The van der Waals surface area contributed by atoms with E-state index in [1.54, 1.807) is 0 Å². The number of aliphatic hydroxyl groups excluding tert-OH is 1. The summed E-state index contributed by atoms with van der Waals surface area (Å²) in [5, 5.41) is 12.6. The van der Waals surface area contributed by atoms with Crippen LogP contribution < -0.4 is 5.32 Å². The van der Waals surface area contributed by atoms with Crippen molar-refractivity contribution in [2.75, 3.05) is 26.4 Å². The fraction of sp³-hybridized carbons (Fsp3) is 0.943. The summed E-state index contributed by atoms with van der Waals surface area (Å²) in [4.78, 5) is 33.6. The van der Waals surface area contributed by atoms with Crippen LogP contribution in [0.1, 0.15) is 181 Å². The van der Waals surface area contributed by atoms with Gasteiger partial charge in [0.25, 0.3) is 0 Å². The van der Waals surface area contributed by atoms with Crippen molar-refractivity contribution >= 4 is 19.7 Å². The van der Waals surface area contributed by atoms with E-state index in [0.717, 1.165) is 38.5 Å². The SMILES string of the molecule is CCCCCCCCCCCCCCCCCC(=O)NCCOP(=O)(O)OCC(O)COC(=O)CCCCCCCCCCC. The fourth-order valence-electron chi connectivity index (χ4n) is 5.20. The Bertz CT molecular complexity index is 724. The van der Waals surface area contributed by atoms with Crippen LogP contribution in [-0.4, -0.2) is 54.3 Å². The number of nitrogens with one attached hydrogen (secondary N) is 1. The monoisotopic (exact) mass is 663 g/mol. The molecule has 0 aliphatic carbocycles. The highest BCUT2D eigenvalue weighted by Crippen LogP contribution is 2.42. The second-order valence-electron chi connectivity index (χ2n) is 12.6. The summed E-state index contributed by atoms with van der Waals surface area (Å²) in [5.74, 6) is -0.512. The van der Waals surface area contributed by atoms with Crippen molar-refractivity contribution in [2.45, 2.75) is 187 Å². The molecule has 0 aliphatic heterocycles. The quantitative estimate of drug-likeness (QED) is 0.0347. The van der Waals surface area contributed by atoms with Crippen LogP contribution in [0.5, 0.6) is 0 Å². The molecule has 0 spiro atoms. The van der Waals surface area contributed by atoms with Crippen LogP contribution in [0.25, 0.3) is 0 Å². The minimum Gasteiger partial charge on any atom is -0.463 e. The maximum absolute atomic E-state index is 12.0. The van der Waals surface area contributed by atoms with Crippen LogP contribution >= 0.6 is 7.82 Å². The molecule has 3 N–H and O–H groups in total. The molecule has 0 radical (unpaired) electrons. The van der Waals surface area contributed by atoms with Gasteiger partial charge in [-0.25, -0.2) is 4.57 Å². The Labute approximate surface area is 275 Å². The number of aliphatic hydroxyl groups is 1. The average Bonchev–Trinajstić information content (AvgIpc) is 3.02. The van der Waals surface area contributed by atoms with E-state index < -0.39 is 26.5 Å². The fourth-order valence-corrected chi connectivity index (χ4v) is 5.96. The first kappa shape index (κ1) is 44.0. The van der Waals surface area contributed by atoms with Crippen molar-refractivity contribution in [1.82, 2.24) is 5.32 Å². The standard InChI is InChI=1S/C35H70NO8P/c1-3-5-7-9-11-13-14-15-16-17-18-20-21-23-25-27-34(38)36-29-30-43-45(40,41)44-32-33(37)31-42-35(39)28-26-24-22-19-12-10-8-6-4-2/h33,37H,3-32H2,1-2H3,(H,36,38)(H,40,41). The molecule has 0 aromatic carbocycles. The summed E-state index contributed by atoms with van der Waals surface area (Å²) in [6, 6.07) is 0. The van der Waals surface area contributed by atoms with E-state index >= 15 is 0 Å². The molecule has 0 bridgehead atoms. The number of rotatable bonds is 35. The normalized spacial score (nSPS) is 13.4. The minimum atomic E-state index is -4.40. The maximum Gasteiger partial charge on any atom is 0.472 e. The van der Waals surface area contributed by atoms with E-state index in [0.29, 0.717) is 6.42 Å². The summed E-state index contributed by atoms with van der Waals surface area (Å²) in [5.41, 5.74) is 0. The lowest BCUT2D eigenvalue weighted by atomic mass is 10.0. The molecule has 10 heteroatoms. The van der Waals surface area contributed by atoms with Crippen LogP contribution in [-0.2, 0) is 27.9 Å². The molecule has 0 aromatic rings. The third-order valence-electron chi connectivity index (χ3n) is 8.04. The van der Waals surface area contributed by atoms with Crippen LogP contribution in [0.15, 0.2) is 0 Å². The first-order valence-electron chi connectivity index (χ1n) is 18.5.